The second kappa shape index (κ2) is 9.29. The van der Waals surface area contributed by atoms with Gasteiger partial charge in [0.2, 0.25) is 5.13 Å². The quantitative estimate of drug-likeness (QED) is 0.530. The first-order valence-electron chi connectivity index (χ1n) is 10.2. The SMILES string of the molecule is CCCCCc1nnc(NC(=O)c2cc(C(C)C)nc3c2c(=O)[nH]c(=O)n3CC)s1. The Labute approximate surface area is 177 Å². The van der Waals surface area contributed by atoms with Crippen molar-refractivity contribution in [3.63, 3.8) is 0 Å². The summed E-state index contributed by atoms with van der Waals surface area (Å²) in [6.45, 7) is 8.11. The number of carbonyl (C=O) groups is 1. The Hall–Kier alpha value is -2.88. The van der Waals surface area contributed by atoms with Crippen molar-refractivity contribution < 1.29 is 4.79 Å². The average molecular weight is 431 g/mol. The zero-order valence-electron chi connectivity index (χ0n) is 17.6. The largest absolute Gasteiger partial charge is 0.329 e. The van der Waals surface area contributed by atoms with Crippen molar-refractivity contribution in [2.45, 2.75) is 65.8 Å². The van der Waals surface area contributed by atoms with E-state index >= 15 is 0 Å². The van der Waals surface area contributed by atoms with Crippen LogP contribution in [0.1, 0.15) is 73.9 Å². The summed E-state index contributed by atoms with van der Waals surface area (Å²) in [5.41, 5.74) is -0.187. The molecule has 30 heavy (non-hydrogen) atoms. The number of aromatic amines is 1. The number of nitrogens with one attached hydrogen (secondary N) is 2. The van der Waals surface area contributed by atoms with Gasteiger partial charge in [0.1, 0.15) is 5.01 Å². The Morgan fingerprint density at radius 2 is 2.00 bits per heavy atom. The van der Waals surface area contributed by atoms with E-state index in [0.29, 0.717) is 17.4 Å². The normalized spacial score (nSPS) is 11.4. The molecule has 0 unspecified atom stereocenters. The molecule has 0 aliphatic carbocycles. The maximum Gasteiger partial charge on any atom is 0.329 e. The van der Waals surface area contributed by atoms with E-state index in [1.807, 2.05) is 13.8 Å². The summed E-state index contributed by atoms with van der Waals surface area (Å²) in [6.07, 6.45) is 4.08. The van der Waals surface area contributed by atoms with Crippen molar-refractivity contribution in [1.82, 2.24) is 24.7 Å². The maximum atomic E-state index is 13.1. The fraction of sp³-hybridized carbons (Fsp3) is 0.500. The number of aromatic nitrogens is 5. The first-order chi connectivity index (χ1) is 14.3. The number of nitrogens with zero attached hydrogens (tertiary/aromatic N) is 4. The lowest BCUT2D eigenvalue weighted by Crippen LogP contribution is -2.32. The standard InChI is InChI=1S/C20H26N6O3S/c1-5-7-8-9-14-24-25-19(30-14)22-17(27)12-10-13(11(3)4)21-16-15(12)18(28)23-20(29)26(16)6-2/h10-11H,5-9H2,1-4H3,(H,22,25,27)(H,23,28,29). The molecular weight excluding hydrogens is 404 g/mol. The van der Waals surface area contributed by atoms with Crippen molar-refractivity contribution >= 4 is 33.4 Å². The minimum absolute atomic E-state index is 0.00680. The highest BCUT2D eigenvalue weighted by Crippen LogP contribution is 2.22. The summed E-state index contributed by atoms with van der Waals surface area (Å²) in [7, 11) is 0. The molecule has 9 nitrogen and oxygen atoms in total. The Kier molecular flexibility index (Phi) is 6.76. The molecule has 0 saturated carbocycles. The van der Waals surface area contributed by atoms with E-state index in [9.17, 15) is 14.4 Å². The molecule has 0 saturated heterocycles. The summed E-state index contributed by atoms with van der Waals surface area (Å²) < 4.78 is 1.36. The van der Waals surface area contributed by atoms with Crippen LogP contribution in [0, 0.1) is 0 Å². The topological polar surface area (TPSA) is 123 Å². The predicted molar refractivity (Wildman–Crippen MR) is 117 cm³/mol. The summed E-state index contributed by atoms with van der Waals surface area (Å²) in [4.78, 5) is 44.6. The monoisotopic (exact) mass is 430 g/mol. The molecule has 0 spiro atoms. The van der Waals surface area contributed by atoms with E-state index in [1.54, 1.807) is 13.0 Å². The number of H-pyrrole nitrogens is 1. The molecule has 0 aliphatic rings. The predicted octanol–water partition coefficient (Wildman–Crippen LogP) is 3.06. The average Bonchev–Trinajstić information content (AvgIpc) is 3.14. The van der Waals surface area contributed by atoms with Crippen LogP contribution in [0.2, 0.25) is 0 Å². The number of fused-ring (bicyclic) bond motifs is 1. The van der Waals surface area contributed by atoms with Gasteiger partial charge >= 0.3 is 5.69 Å². The van der Waals surface area contributed by atoms with Crippen LogP contribution < -0.4 is 16.6 Å². The van der Waals surface area contributed by atoms with Crippen LogP contribution in [-0.4, -0.2) is 30.6 Å². The van der Waals surface area contributed by atoms with E-state index in [1.165, 1.54) is 15.9 Å². The second-order valence-corrected chi connectivity index (χ2v) is 8.43. The number of hydrogen-bond donors (Lipinski definition) is 2. The highest BCUT2D eigenvalue weighted by molar-refractivity contribution is 7.15. The lowest BCUT2D eigenvalue weighted by molar-refractivity contribution is 0.102. The van der Waals surface area contributed by atoms with E-state index in [2.05, 4.69) is 32.4 Å². The van der Waals surface area contributed by atoms with Gasteiger partial charge in [-0.1, -0.05) is 44.9 Å². The first-order valence-corrected chi connectivity index (χ1v) is 11.0. The van der Waals surface area contributed by atoms with Crippen LogP contribution in [-0.2, 0) is 13.0 Å². The number of anilines is 1. The van der Waals surface area contributed by atoms with Gasteiger partial charge in [-0.2, -0.15) is 0 Å². The van der Waals surface area contributed by atoms with Gasteiger partial charge in [0.25, 0.3) is 11.5 Å². The minimum atomic E-state index is -0.634. The fourth-order valence-corrected chi connectivity index (χ4v) is 3.93. The van der Waals surface area contributed by atoms with Crippen molar-refractivity contribution in [1.29, 1.82) is 0 Å². The van der Waals surface area contributed by atoms with Gasteiger partial charge in [-0.25, -0.2) is 9.78 Å². The van der Waals surface area contributed by atoms with Crippen LogP contribution >= 0.6 is 11.3 Å². The number of pyridine rings is 1. The van der Waals surface area contributed by atoms with Crippen molar-refractivity contribution in [2.24, 2.45) is 0 Å². The Morgan fingerprint density at radius 1 is 1.23 bits per heavy atom. The molecule has 10 heteroatoms. The Morgan fingerprint density at radius 3 is 2.67 bits per heavy atom. The number of rotatable bonds is 8. The van der Waals surface area contributed by atoms with E-state index < -0.39 is 17.2 Å². The molecule has 0 aromatic carbocycles. The van der Waals surface area contributed by atoms with Crippen molar-refractivity contribution in [3.8, 4) is 0 Å². The van der Waals surface area contributed by atoms with Crippen molar-refractivity contribution in [3.05, 3.63) is 43.2 Å². The highest BCUT2D eigenvalue weighted by atomic mass is 32.1. The molecule has 3 aromatic rings. The van der Waals surface area contributed by atoms with E-state index in [4.69, 9.17) is 0 Å². The smallest absolute Gasteiger partial charge is 0.296 e. The maximum absolute atomic E-state index is 13.1. The molecule has 3 aromatic heterocycles. The van der Waals surface area contributed by atoms with Gasteiger partial charge < -0.3 is 0 Å². The molecule has 2 N–H and O–H groups in total. The first kappa shape index (κ1) is 21.8. The van der Waals surface area contributed by atoms with Gasteiger partial charge in [0, 0.05) is 18.7 Å². The number of aryl methyl sites for hydroxylation is 2. The van der Waals surface area contributed by atoms with Crippen molar-refractivity contribution in [2.75, 3.05) is 5.32 Å². The molecule has 1 amide bonds. The Balaban J connectivity index is 2.03. The molecule has 0 atom stereocenters. The van der Waals surface area contributed by atoms with E-state index in [-0.39, 0.29) is 22.5 Å². The third kappa shape index (κ3) is 4.48. The van der Waals surface area contributed by atoms with Gasteiger partial charge in [0.05, 0.1) is 10.9 Å². The van der Waals surface area contributed by atoms with Gasteiger partial charge in [-0.05, 0) is 25.3 Å². The molecule has 0 aliphatic heterocycles. The van der Waals surface area contributed by atoms with Crippen LogP contribution in [0.3, 0.4) is 0 Å². The molecule has 160 valence electrons. The van der Waals surface area contributed by atoms with Crippen LogP contribution in [0.25, 0.3) is 11.0 Å². The Bertz CT molecular complexity index is 1180. The summed E-state index contributed by atoms with van der Waals surface area (Å²) in [5.74, 6) is -0.472. The summed E-state index contributed by atoms with van der Waals surface area (Å²) in [6, 6.07) is 1.60. The zero-order valence-corrected chi connectivity index (χ0v) is 18.4. The highest BCUT2D eigenvalue weighted by Gasteiger charge is 2.21. The summed E-state index contributed by atoms with van der Waals surface area (Å²) >= 11 is 1.33. The lowest BCUT2D eigenvalue weighted by atomic mass is 10.0. The van der Waals surface area contributed by atoms with E-state index in [0.717, 1.165) is 30.7 Å². The van der Waals surface area contributed by atoms with Gasteiger partial charge in [0.15, 0.2) is 5.65 Å². The fourth-order valence-electron chi connectivity index (χ4n) is 3.16. The van der Waals surface area contributed by atoms with Crippen LogP contribution in [0.4, 0.5) is 5.13 Å². The second-order valence-electron chi connectivity index (χ2n) is 7.36. The molecular formula is C20H26N6O3S. The summed E-state index contributed by atoms with van der Waals surface area (Å²) in [5, 5.41) is 12.2. The molecule has 0 bridgehead atoms. The number of carbonyl (C=O) groups excluding carboxylic acids is 1. The number of unbranched alkanes of at least 4 members (excludes halogenated alkanes) is 2. The molecule has 0 fully saturated rings. The van der Waals surface area contributed by atoms with Gasteiger partial charge in [-0.15, -0.1) is 10.2 Å². The number of amides is 1. The lowest BCUT2D eigenvalue weighted by Gasteiger charge is -2.13. The molecule has 3 heterocycles. The third-order valence-corrected chi connectivity index (χ3v) is 5.70. The van der Waals surface area contributed by atoms with Gasteiger partial charge in [-0.3, -0.25) is 24.5 Å². The molecule has 0 radical (unpaired) electrons. The van der Waals surface area contributed by atoms with Crippen LogP contribution in [0.5, 0.6) is 0 Å². The zero-order chi connectivity index (χ0) is 21.8. The molecule has 3 rings (SSSR count). The number of hydrogen-bond acceptors (Lipinski definition) is 7. The van der Waals surface area contributed by atoms with Crippen LogP contribution in [0.15, 0.2) is 15.7 Å². The third-order valence-electron chi connectivity index (χ3n) is 4.80. The minimum Gasteiger partial charge on any atom is -0.296 e.